The summed E-state index contributed by atoms with van der Waals surface area (Å²) >= 11 is 0. The first-order valence-electron chi connectivity index (χ1n) is 10.9. The minimum atomic E-state index is 0. The maximum Gasteiger partial charge on any atom is 2.00 e. The average Bonchev–Trinajstić information content (AvgIpc) is 3.67. The molecule has 39 heavy (non-hydrogen) atoms. The number of rotatable bonds is 0. The molecule has 0 aliphatic heterocycles. The predicted octanol–water partition coefficient (Wildman–Crippen LogP) is -3.47. The van der Waals surface area contributed by atoms with Crippen molar-refractivity contribution in [1.82, 2.24) is 57.3 Å². The standard InChI is InChI=1S/6C4H6N2.2ClH.Fe/c6*1-6-3-2-5-4-6;;;/h6*2-4H,1H3;2*1H;/q;;;;;;;;+2/p-2. The summed E-state index contributed by atoms with van der Waals surface area (Å²) in [7, 11) is 11.6. The SMILES string of the molecule is Cn1ccnc1.Cn1ccnc1.Cn1ccnc1.Cn1ccnc1.Cn1ccnc1.Cn1ccnc1.[Cl-].[Cl-].[Fe+2]. The summed E-state index contributed by atoms with van der Waals surface area (Å²) in [6.45, 7) is 0. The summed E-state index contributed by atoms with van der Waals surface area (Å²) < 4.78 is 11.3. The van der Waals surface area contributed by atoms with Crippen LogP contribution in [0.15, 0.2) is 112 Å². The fraction of sp³-hybridized carbons (Fsp3) is 0.250. The van der Waals surface area contributed by atoms with Crippen LogP contribution in [0.1, 0.15) is 0 Å². The Morgan fingerprint density at radius 2 is 0.436 bits per heavy atom. The molecule has 0 aliphatic carbocycles. The van der Waals surface area contributed by atoms with Crippen LogP contribution in [0.3, 0.4) is 0 Å². The molecule has 0 aromatic carbocycles. The van der Waals surface area contributed by atoms with E-state index in [9.17, 15) is 0 Å². The number of imidazole rings is 6. The van der Waals surface area contributed by atoms with Crippen molar-refractivity contribution in [2.24, 2.45) is 42.3 Å². The molecule has 6 aromatic heterocycles. The summed E-state index contributed by atoms with van der Waals surface area (Å²) in [6, 6.07) is 0. The molecule has 0 aliphatic rings. The molecule has 0 atom stereocenters. The maximum absolute atomic E-state index is 3.78. The number of nitrogens with zero attached hydrogens (tertiary/aromatic N) is 12. The van der Waals surface area contributed by atoms with E-state index in [2.05, 4.69) is 29.9 Å². The number of halogens is 2. The summed E-state index contributed by atoms with van der Waals surface area (Å²) in [5.41, 5.74) is 0. The third-order valence-electron chi connectivity index (χ3n) is 3.82. The first kappa shape index (κ1) is 39.9. The fourth-order valence-corrected chi connectivity index (χ4v) is 1.95. The zero-order valence-corrected chi connectivity index (χ0v) is 25.5. The third kappa shape index (κ3) is 24.5. The molecule has 0 unspecified atom stereocenters. The first-order valence-corrected chi connectivity index (χ1v) is 10.9. The summed E-state index contributed by atoms with van der Waals surface area (Å²) in [4.78, 5) is 22.7. The van der Waals surface area contributed by atoms with Gasteiger partial charge in [0, 0.05) is 117 Å². The molecule has 0 spiro atoms. The molecule has 12 nitrogen and oxygen atoms in total. The number of hydrogen-bond acceptors (Lipinski definition) is 6. The topological polar surface area (TPSA) is 107 Å². The number of aryl methyl sites for hydroxylation is 6. The summed E-state index contributed by atoms with van der Waals surface area (Å²) in [6.07, 6.45) is 32.3. The first-order chi connectivity index (χ1) is 17.4. The van der Waals surface area contributed by atoms with Gasteiger partial charge >= 0.3 is 17.1 Å². The Balaban J connectivity index is -0.000000393. The summed E-state index contributed by atoms with van der Waals surface area (Å²) in [5.74, 6) is 0. The Kier molecular flexibility index (Phi) is 26.6. The molecule has 6 aromatic rings. The van der Waals surface area contributed by atoms with E-state index in [0.29, 0.717) is 0 Å². The van der Waals surface area contributed by atoms with Crippen LogP contribution in [-0.2, 0) is 59.4 Å². The zero-order chi connectivity index (χ0) is 26.4. The van der Waals surface area contributed by atoms with Gasteiger partial charge in [-0.15, -0.1) is 0 Å². The Hall–Kier alpha value is -3.64. The smallest absolute Gasteiger partial charge is 1.00 e. The third-order valence-corrected chi connectivity index (χ3v) is 3.82. The average molecular weight is 619 g/mol. The van der Waals surface area contributed by atoms with Crippen LogP contribution in [0, 0.1) is 0 Å². The van der Waals surface area contributed by atoms with Crippen molar-refractivity contribution in [2.75, 3.05) is 0 Å². The van der Waals surface area contributed by atoms with E-state index in [1.807, 2.05) is 107 Å². The van der Waals surface area contributed by atoms with Crippen LogP contribution < -0.4 is 24.8 Å². The van der Waals surface area contributed by atoms with Gasteiger partial charge in [0.05, 0.1) is 38.0 Å². The molecule has 0 fully saturated rings. The van der Waals surface area contributed by atoms with Gasteiger partial charge in [0.2, 0.25) is 0 Å². The van der Waals surface area contributed by atoms with Crippen LogP contribution in [0.25, 0.3) is 0 Å². The molecular weight excluding hydrogens is 583 g/mol. The Morgan fingerprint density at radius 1 is 0.308 bits per heavy atom. The van der Waals surface area contributed by atoms with Gasteiger partial charge in [-0.2, -0.15) is 0 Å². The molecule has 0 radical (unpaired) electrons. The molecule has 6 heterocycles. The van der Waals surface area contributed by atoms with Gasteiger partial charge in [-0.3, -0.25) is 0 Å². The van der Waals surface area contributed by atoms with Crippen molar-refractivity contribution in [2.45, 2.75) is 0 Å². The van der Waals surface area contributed by atoms with Crippen LogP contribution in [0.5, 0.6) is 0 Å². The Bertz CT molecular complexity index is 923. The van der Waals surface area contributed by atoms with Gasteiger partial charge in [0.15, 0.2) is 0 Å². The quantitative estimate of drug-likeness (QED) is 0.164. The number of hydrogen-bond donors (Lipinski definition) is 0. The normalized spacial score (nSPS) is 8.15. The molecule has 0 amide bonds. The van der Waals surface area contributed by atoms with E-state index >= 15 is 0 Å². The van der Waals surface area contributed by atoms with Crippen molar-refractivity contribution in [3.05, 3.63) is 112 Å². The van der Waals surface area contributed by atoms with Crippen molar-refractivity contribution >= 4 is 0 Å². The molecule has 214 valence electrons. The van der Waals surface area contributed by atoms with E-state index in [0.717, 1.165) is 0 Å². The number of aromatic nitrogens is 12. The zero-order valence-electron chi connectivity index (χ0n) is 22.9. The second-order valence-corrected chi connectivity index (χ2v) is 7.37. The molecule has 0 saturated carbocycles. The maximum atomic E-state index is 3.78. The molecule has 6 rings (SSSR count). The predicted molar refractivity (Wildman–Crippen MR) is 139 cm³/mol. The van der Waals surface area contributed by atoms with E-state index in [1.165, 1.54) is 0 Å². The second-order valence-electron chi connectivity index (χ2n) is 7.37. The van der Waals surface area contributed by atoms with Crippen LogP contribution in [-0.4, -0.2) is 57.3 Å². The van der Waals surface area contributed by atoms with Crippen LogP contribution >= 0.6 is 0 Å². The van der Waals surface area contributed by atoms with Crippen molar-refractivity contribution < 1.29 is 41.9 Å². The Labute approximate surface area is 253 Å². The molecule has 0 N–H and O–H groups in total. The van der Waals surface area contributed by atoms with Gasteiger partial charge in [-0.25, -0.2) is 29.9 Å². The van der Waals surface area contributed by atoms with Gasteiger partial charge < -0.3 is 52.2 Å². The van der Waals surface area contributed by atoms with Crippen molar-refractivity contribution in [3.8, 4) is 0 Å². The molecular formula is C24H36Cl2FeN12. The van der Waals surface area contributed by atoms with Crippen molar-refractivity contribution in [3.63, 3.8) is 0 Å². The van der Waals surface area contributed by atoms with E-state index in [4.69, 9.17) is 0 Å². The van der Waals surface area contributed by atoms with E-state index in [1.54, 1.807) is 75.1 Å². The minimum Gasteiger partial charge on any atom is -1.00 e. The van der Waals surface area contributed by atoms with Crippen molar-refractivity contribution in [1.29, 1.82) is 0 Å². The molecule has 0 bridgehead atoms. The van der Waals surface area contributed by atoms with Crippen LogP contribution in [0.4, 0.5) is 0 Å². The second kappa shape index (κ2) is 26.0. The largest absolute Gasteiger partial charge is 2.00 e. The van der Waals surface area contributed by atoms with Gasteiger partial charge in [-0.1, -0.05) is 0 Å². The molecule has 0 saturated heterocycles. The minimum absolute atomic E-state index is 0. The van der Waals surface area contributed by atoms with Gasteiger partial charge in [-0.05, 0) is 0 Å². The monoisotopic (exact) mass is 618 g/mol. The Morgan fingerprint density at radius 3 is 0.462 bits per heavy atom. The van der Waals surface area contributed by atoms with E-state index in [-0.39, 0.29) is 41.9 Å². The van der Waals surface area contributed by atoms with E-state index < -0.39 is 0 Å². The van der Waals surface area contributed by atoms with Gasteiger partial charge in [0.1, 0.15) is 0 Å². The van der Waals surface area contributed by atoms with Crippen LogP contribution in [0.2, 0.25) is 0 Å². The summed E-state index contributed by atoms with van der Waals surface area (Å²) in [5, 5.41) is 0. The fourth-order valence-electron chi connectivity index (χ4n) is 1.95. The molecule has 15 heteroatoms. The van der Waals surface area contributed by atoms with Gasteiger partial charge in [0.25, 0.3) is 0 Å².